The maximum atomic E-state index is 5.80. The first-order valence-corrected chi connectivity index (χ1v) is 5.61. The van der Waals surface area contributed by atoms with Crippen molar-refractivity contribution in [3.05, 3.63) is 41.2 Å². The van der Waals surface area contributed by atoms with Gasteiger partial charge in [0, 0.05) is 5.02 Å². The predicted octanol–water partition coefficient (Wildman–Crippen LogP) is 3.07. The number of nitrogens with two attached hydrogens (primary N) is 1. The third-order valence-corrected chi connectivity index (χ3v) is 2.57. The SMILES string of the molecule is CCc1c(N)ncnc1Oc1ccc(Cl)cc1. The molecule has 0 aliphatic heterocycles. The maximum absolute atomic E-state index is 5.80. The highest BCUT2D eigenvalue weighted by molar-refractivity contribution is 6.30. The summed E-state index contributed by atoms with van der Waals surface area (Å²) < 4.78 is 5.65. The number of halogens is 1. The van der Waals surface area contributed by atoms with E-state index in [0.29, 0.717) is 22.5 Å². The van der Waals surface area contributed by atoms with Crippen molar-refractivity contribution in [3.63, 3.8) is 0 Å². The second-order valence-corrected chi connectivity index (χ2v) is 3.89. The van der Waals surface area contributed by atoms with Crippen molar-refractivity contribution < 1.29 is 4.74 Å². The Bertz CT molecular complexity index is 514. The summed E-state index contributed by atoms with van der Waals surface area (Å²) in [5, 5.41) is 0.662. The van der Waals surface area contributed by atoms with Crippen molar-refractivity contribution in [1.29, 1.82) is 0 Å². The normalized spacial score (nSPS) is 10.2. The Kier molecular flexibility index (Phi) is 3.44. The molecule has 5 heteroatoms. The fraction of sp³-hybridized carbons (Fsp3) is 0.167. The van der Waals surface area contributed by atoms with E-state index in [1.165, 1.54) is 6.33 Å². The minimum absolute atomic E-state index is 0.450. The lowest BCUT2D eigenvalue weighted by Crippen LogP contribution is -2.01. The van der Waals surface area contributed by atoms with Gasteiger partial charge in [-0.05, 0) is 30.7 Å². The van der Waals surface area contributed by atoms with E-state index in [4.69, 9.17) is 22.1 Å². The van der Waals surface area contributed by atoms with Gasteiger partial charge in [0.2, 0.25) is 5.88 Å². The summed E-state index contributed by atoms with van der Waals surface area (Å²) in [6.07, 6.45) is 2.11. The molecule has 0 aliphatic rings. The lowest BCUT2D eigenvalue weighted by atomic mass is 10.2. The molecule has 0 radical (unpaired) electrons. The first-order chi connectivity index (χ1) is 8.20. The van der Waals surface area contributed by atoms with E-state index in [1.54, 1.807) is 24.3 Å². The number of hydrogen-bond donors (Lipinski definition) is 1. The Morgan fingerprint density at radius 2 is 1.94 bits per heavy atom. The van der Waals surface area contributed by atoms with Crippen LogP contribution in [0.2, 0.25) is 5.02 Å². The van der Waals surface area contributed by atoms with Gasteiger partial charge in [-0.25, -0.2) is 9.97 Å². The third-order valence-electron chi connectivity index (χ3n) is 2.32. The van der Waals surface area contributed by atoms with Gasteiger partial charge in [-0.3, -0.25) is 0 Å². The third kappa shape index (κ3) is 2.65. The molecule has 88 valence electrons. The zero-order valence-corrected chi connectivity index (χ0v) is 10.1. The van der Waals surface area contributed by atoms with Crippen LogP contribution in [0.25, 0.3) is 0 Å². The number of benzene rings is 1. The van der Waals surface area contributed by atoms with Crippen molar-refractivity contribution in [2.24, 2.45) is 0 Å². The molecular formula is C12H12ClN3O. The van der Waals surface area contributed by atoms with Crippen LogP contribution in [0.1, 0.15) is 12.5 Å². The molecule has 0 aliphatic carbocycles. The molecule has 0 amide bonds. The highest BCUT2D eigenvalue weighted by atomic mass is 35.5. The number of nitrogens with zero attached hydrogens (tertiary/aromatic N) is 2. The smallest absolute Gasteiger partial charge is 0.227 e. The van der Waals surface area contributed by atoms with Gasteiger partial charge in [0.1, 0.15) is 17.9 Å². The predicted molar refractivity (Wildman–Crippen MR) is 67.3 cm³/mol. The monoisotopic (exact) mass is 249 g/mol. The molecule has 0 bridgehead atoms. The van der Waals surface area contributed by atoms with Gasteiger partial charge in [0.05, 0.1) is 5.56 Å². The molecule has 0 saturated heterocycles. The zero-order valence-electron chi connectivity index (χ0n) is 9.35. The molecule has 0 saturated carbocycles. The van der Waals surface area contributed by atoms with Gasteiger partial charge in [0.25, 0.3) is 0 Å². The largest absolute Gasteiger partial charge is 0.439 e. The van der Waals surface area contributed by atoms with E-state index in [0.717, 1.165) is 12.0 Å². The molecule has 0 spiro atoms. The van der Waals surface area contributed by atoms with Crippen LogP contribution in [0.4, 0.5) is 5.82 Å². The average molecular weight is 250 g/mol. The Morgan fingerprint density at radius 3 is 2.59 bits per heavy atom. The highest BCUT2D eigenvalue weighted by Crippen LogP contribution is 2.26. The van der Waals surface area contributed by atoms with Crippen LogP contribution in [-0.2, 0) is 6.42 Å². The molecule has 2 rings (SSSR count). The molecule has 4 nitrogen and oxygen atoms in total. The van der Waals surface area contributed by atoms with E-state index < -0.39 is 0 Å². The lowest BCUT2D eigenvalue weighted by Gasteiger charge is -2.09. The lowest BCUT2D eigenvalue weighted by molar-refractivity contribution is 0.456. The summed E-state index contributed by atoms with van der Waals surface area (Å²) in [7, 11) is 0. The summed E-state index contributed by atoms with van der Waals surface area (Å²) in [5.74, 6) is 1.61. The van der Waals surface area contributed by atoms with E-state index in [1.807, 2.05) is 6.92 Å². The summed E-state index contributed by atoms with van der Waals surface area (Å²) in [5.41, 5.74) is 6.57. The van der Waals surface area contributed by atoms with Gasteiger partial charge in [-0.1, -0.05) is 18.5 Å². The van der Waals surface area contributed by atoms with Crippen LogP contribution in [0, 0.1) is 0 Å². The van der Waals surface area contributed by atoms with Crippen LogP contribution in [0.3, 0.4) is 0 Å². The van der Waals surface area contributed by atoms with E-state index in [2.05, 4.69) is 9.97 Å². The van der Waals surface area contributed by atoms with Gasteiger partial charge in [-0.15, -0.1) is 0 Å². The van der Waals surface area contributed by atoms with Crippen LogP contribution < -0.4 is 10.5 Å². The number of aromatic nitrogens is 2. The highest BCUT2D eigenvalue weighted by Gasteiger charge is 2.09. The summed E-state index contributed by atoms with van der Waals surface area (Å²) in [6, 6.07) is 7.07. The summed E-state index contributed by atoms with van der Waals surface area (Å²) in [4.78, 5) is 8.01. The first kappa shape index (κ1) is 11.7. The van der Waals surface area contributed by atoms with Crippen molar-refractivity contribution >= 4 is 17.4 Å². The first-order valence-electron chi connectivity index (χ1n) is 5.23. The fourth-order valence-corrected chi connectivity index (χ4v) is 1.57. The number of nitrogen functional groups attached to an aromatic ring is 1. The van der Waals surface area contributed by atoms with Gasteiger partial charge >= 0.3 is 0 Å². The Balaban J connectivity index is 2.29. The van der Waals surface area contributed by atoms with Crippen molar-refractivity contribution in [3.8, 4) is 11.6 Å². The Hall–Kier alpha value is -1.81. The van der Waals surface area contributed by atoms with Crippen molar-refractivity contribution in [2.45, 2.75) is 13.3 Å². The molecule has 1 aromatic heterocycles. The van der Waals surface area contributed by atoms with Crippen LogP contribution in [0.15, 0.2) is 30.6 Å². The Labute approximate surface area is 104 Å². The molecule has 0 atom stereocenters. The number of hydrogen-bond acceptors (Lipinski definition) is 4. The summed E-state index contributed by atoms with van der Waals surface area (Å²) >= 11 is 5.80. The van der Waals surface area contributed by atoms with E-state index in [-0.39, 0.29) is 0 Å². The van der Waals surface area contributed by atoms with Crippen molar-refractivity contribution in [2.75, 3.05) is 5.73 Å². The minimum Gasteiger partial charge on any atom is -0.439 e. The van der Waals surface area contributed by atoms with Crippen LogP contribution in [-0.4, -0.2) is 9.97 Å². The van der Waals surface area contributed by atoms with Crippen molar-refractivity contribution in [1.82, 2.24) is 9.97 Å². The minimum atomic E-state index is 0.450. The van der Waals surface area contributed by atoms with Gasteiger partial charge < -0.3 is 10.5 Å². The van der Waals surface area contributed by atoms with E-state index >= 15 is 0 Å². The molecule has 2 N–H and O–H groups in total. The Morgan fingerprint density at radius 1 is 1.24 bits per heavy atom. The van der Waals surface area contributed by atoms with Crippen LogP contribution >= 0.6 is 11.6 Å². The standard InChI is InChI=1S/C12H12ClN3O/c1-2-10-11(14)15-7-16-12(10)17-9-5-3-8(13)4-6-9/h3-7H,2H2,1H3,(H2,14,15,16). The number of rotatable bonds is 3. The average Bonchev–Trinajstić information content (AvgIpc) is 2.32. The number of ether oxygens (including phenoxy) is 1. The van der Waals surface area contributed by atoms with Gasteiger partial charge in [-0.2, -0.15) is 0 Å². The molecule has 1 heterocycles. The van der Waals surface area contributed by atoms with E-state index in [9.17, 15) is 0 Å². The maximum Gasteiger partial charge on any atom is 0.227 e. The molecule has 1 aromatic carbocycles. The van der Waals surface area contributed by atoms with Gasteiger partial charge in [0.15, 0.2) is 0 Å². The zero-order chi connectivity index (χ0) is 12.3. The topological polar surface area (TPSA) is 61.0 Å². The molecule has 17 heavy (non-hydrogen) atoms. The summed E-state index contributed by atoms with van der Waals surface area (Å²) in [6.45, 7) is 1.98. The second-order valence-electron chi connectivity index (χ2n) is 3.45. The molecule has 2 aromatic rings. The quantitative estimate of drug-likeness (QED) is 0.908. The molecule has 0 fully saturated rings. The molecule has 0 unspecified atom stereocenters. The molecular weight excluding hydrogens is 238 g/mol. The fourth-order valence-electron chi connectivity index (χ4n) is 1.44. The number of anilines is 1. The van der Waals surface area contributed by atoms with Crippen LogP contribution in [0.5, 0.6) is 11.6 Å². The second kappa shape index (κ2) is 5.01.